The Bertz CT molecular complexity index is 487. The molecular formula is C12H16N4S. The summed E-state index contributed by atoms with van der Waals surface area (Å²) < 4.78 is 0. The van der Waals surface area contributed by atoms with Gasteiger partial charge in [0.1, 0.15) is 10.7 Å². The van der Waals surface area contributed by atoms with Crippen LogP contribution in [0.15, 0.2) is 18.6 Å². The fourth-order valence-corrected chi connectivity index (χ4v) is 2.39. The fraction of sp³-hybridized carbons (Fsp3) is 0.500. The maximum Gasteiger partial charge on any atom is 0.167 e. The molecule has 0 aliphatic carbocycles. The van der Waals surface area contributed by atoms with E-state index in [-0.39, 0.29) is 5.41 Å². The summed E-state index contributed by atoms with van der Waals surface area (Å²) in [5.41, 5.74) is 0.983. The highest BCUT2D eigenvalue weighted by atomic mass is 32.1. The summed E-state index contributed by atoms with van der Waals surface area (Å²) in [6, 6.07) is 0. The molecule has 0 aromatic carbocycles. The molecule has 0 saturated heterocycles. The number of nitrogens with zero attached hydrogens (tertiary/aromatic N) is 4. The average molecular weight is 248 g/mol. The summed E-state index contributed by atoms with van der Waals surface area (Å²) in [6.07, 6.45) is 5.04. The lowest BCUT2D eigenvalue weighted by atomic mass is 9.83. The van der Waals surface area contributed by atoms with Gasteiger partial charge in [-0.3, -0.25) is 9.97 Å². The van der Waals surface area contributed by atoms with Crippen molar-refractivity contribution in [3.05, 3.63) is 23.6 Å². The molecule has 17 heavy (non-hydrogen) atoms. The smallest absolute Gasteiger partial charge is 0.167 e. The first-order valence-corrected chi connectivity index (χ1v) is 6.40. The van der Waals surface area contributed by atoms with Gasteiger partial charge in [0.15, 0.2) is 5.01 Å². The van der Waals surface area contributed by atoms with Crippen molar-refractivity contribution >= 4 is 11.3 Å². The molecule has 4 nitrogen and oxygen atoms in total. The van der Waals surface area contributed by atoms with E-state index < -0.39 is 0 Å². The van der Waals surface area contributed by atoms with Gasteiger partial charge < -0.3 is 0 Å². The van der Waals surface area contributed by atoms with Crippen LogP contribution in [-0.2, 0) is 0 Å². The highest BCUT2D eigenvalue weighted by molar-refractivity contribution is 7.14. The first-order chi connectivity index (χ1) is 7.98. The van der Waals surface area contributed by atoms with E-state index >= 15 is 0 Å². The van der Waals surface area contributed by atoms with Crippen molar-refractivity contribution in [3.8, 4) is 10.7 Å². The topological polar surface area (TPSA) is 51.6 Å². The van der Waals surface area contributed by atoms with Gasteiger partial charge in [-0.15, -0.1) is 10.2 Å². The Kier molecular flexibility index (Phi) is 3.19. The van der Waals surface area contributed by atoms with Gasteiger partial charge in [-0.05, 0) is 5.41 Å². The molecule has 1 atom stereocenters. The number of hydrogen-bond donors (Lipinski definition) is 0. The quantitative estimate of drug-likeness (QED) is 0.819. The van der Waals surface area contributed by atoms with Crippen molar-refractivity contribution in [1.29, 1.82) is 0 Å². The van der Waals surface area contributed by atoms with Crippen molar-refractivity contribution in [2.45, 2.75) is 33.6 Å². The van der Waals surface area contributed by atoms with Crippen molar-refractivity contribution in [2.75, 3.05) is 0 Å². The Morgan fingerprint density at radius 2 is 1.94 bits per heavy atom. The van der Waals surface area contributed by atoms with Crippen molar-refractivity contribution < 1.29 is 0 Å². The molecule has 0 fully saturated rings. The number of hydrogen-bond acceptors (Lipinski definition) is 5. The van der Waals surface area contributed by atoms with E-state index in [4.69, 9.17) is 0 Å². The maximum atomic E-state index is 4.26. The third kappa shape index (κ3) is 2.66. The van der Waals surface area contributed by atoms with Gasteiger partial charge >= 0.3 is 0 Å². The average Bonchev–Trinajstić information content (AvgIpc) is 2.77. The molecule has 0 aliphatic heterocycles. The van der Waals surface area contributed by atoms with Crippen molar-refractivity contribution in [1.82, 2.24) is 20.2 Å². The molecule has 2 heterocycles. The second kappa shape index (κ2) is 4.49. The first kappa shape index (κ1) is 12.1. The molecule has 0 saturated carbocycles. The minimum absolute atomic E-state index is 0.194. The predicted octanol–water partition coefficient (Wildman–Crippen LogP) is 3.14. The molecule has 0 amide bonds. The zero-order chi connectivity index (χ0) is 12.5. The maximum absolute atomic E-state index is 4.26. The molecule has 0 bridgehead atoms. The minimum atomic E-state index is 0.194. The SMILES string of the molecule is C[C@H](c1nnc(-c2cnccn2)s1)C(C)(C)C. The van der Waals surface area contributed by atoms with Crippen LogP contribution < -0.4 is 0 Å². The first-order valence-electron chi connectivity index (χ1n) is 5.58. The molecule has 90 valence electrons. The van der Waals surface area contributed by atoms with E-state index in [0.29, 0.717) is 5.92 Å². The molecule has 2 rings (SSSR count). The lowest BCUT2D eigenvalue weighted by Crippen LogP contribution is -2.14. The van der Waals surface area contributed by atoms with Crippen LogP contribution in [0, 0.1) is 5.41 Å². The Hall–Kier alpha value is -1.36. The zero-order valence-electron chi connectivity index (χ0n) is 10.5. The van der Waals surface area contributed by atoms with Crippen LogP contribution in [0.2, 0.25) is 0 Å². The largest absolute Gasteiger partial charge is 0.261 e. The van der Waals surface area contributed by atoms with Crippen LogP contribution in [0.1, 0.15) is 38.6 Å². The molecule has 0 unspecified atom stereocenters. The summed E-state index contributed by atoms with van der Waals surface area (Å²) in [4.78, 5) is 8.27. The highest BCUT2D eigenvalue weighted by Crippen LogP contribution is 2.37. The van der Waals surface area contributed by atoms with Gasteiger partial charge in [0.2, 0.25) is 0 Å². The molecular weight excluding hydrogens is 232 g/mol. The Balaban J connectivity index is 2.28. The van der Waals surface area contributed by atoms with Crippen molar-refractivity contribution in [3.63, 3.8) is 0 Å². The lowest BCUT2D eigenvalue weighted by Gasteiger charge is -2.24. The number of aromatic nitrogens is 4. The van der Waals surface area contributed by atoms with E-state index in [1.54, 1.807) is 29.9 Å². The van der Waals surface area contributed by atoms with Crippen LogP contribution in [-0.4, -0.2) is 20.2 Å². The van der Waals surface area contributed by atoms with E-state index in [2.05, 4.69) is 47.9 Å². The summed E-state index contributed by atoms with van der Waals surface area (Å²) >= 11 is 1.60. The van der Waals surface area contributed by atoms with Gasteiger partial charge in [0, 0.05) is 18.3 Å². The fourth-order valence-electron chi connectivity index (χ4n) is 1.29. The van der Waals surface area contributed by atoms with Gasteiger partial charge in [0.25, 0.3) is 0 Å². The van der Waals surface area contributed by atoms with Crippen molar-refractivity contribution in [2.24, 2.45) is 5.41 Å². The Morgan fingerprint density at radius 1 is 1.18 bits per heavy atom. The van der Waals surface area contributed by atoms with Crippen LogP contribution in [0.4, 0.5) is 0 Å². The van der Waals surface area contributed by atoms with Gasteiger partial charge in [0.05, 0.1) is 6.20 Å². The monoisotopic (exact) mass is 248 g/mol. The molecule has 0 spiro atoms. The third-order valence-corrected chi connectivity index (χ3v) is 4.02. The van der Waals surface area contributed by atoms with E-state index in [9.17, 15) is 0 Å². The molecule has 2 aromatic heterocycles. The van der Waals surface area contributed by atoms with E-state index in [1.807, 2.05) is 0 Å². The van der Waals surface area contributed by atoms with Crippen LogP contribution >= 0.6 is 11.3 Å². The molecule has 0 radical (unpaired) electrons. The summed E-state index contributed by atoms with van der Waals surface area (Å²) in [7, 11) is 0. The molecule has 2 aromatic rings. The Morgan fingerprint density at radius 3 is 2.53 bits per heavy atom. The second-order valence-electron chi connectivity index (χ2n) is 5.12. The molecule has 5 heteroatoms. The second-order valence-corrected chi connectivity index (χ2v) is 6.13. The molecule has 0 N–H and O–H groups in total. The van der Waals surface area contributed by atoms with Gasteiger partial charge in [-0.1, -0.05) is 39.0 Å². The standard InChI is InChI=1S/C12H16N4S/c1-8(12(2,3)4)10-15-16-11(17-10)9-7-13-5-6-14-9/h5-8H,1-4H3/t8-/m1/s1. The predicted molar refractivity (Wildman–Crippen MR) is 68.8 cm³/mol. The zero-order valence-corrected chi connectivity index (χ0v) is 11.3. The summed E-state index contributed by atoms with van der Waals surface area (Å²) in [6.45, 7) is 8.81. The van der Waals surface area contributed by atoms with Crippen LogP contribution in [0.5, 0.6) is 0 Å². The highest BCUT2D eigenvalue weighted by Gasteiger charge is 2.25. The van der Waals surface area contributed by atoms with Crippen LogP contribution in [0.3, 0.4) is 0 Å². The number of rotatable bonds is 2. The Labute approximate surface area is 105 Å². The summed E-state index contributed by atoms with van der Waals surface area (Å²) in [5, 5.41) is 10.3. The third-order valence-electron chi connectivity index (χ3n) is 2.89. The van der Waals surface area contributed by atoms with Crippen LogP contribution in [0.25, 0.3) is 10.7 Å². The van der Waals surface area contributed by atoms with E-state index in [1.165, 1.54) is 0 Å². The summed E-state index contributed by atoms with van der Waals surface area (Å²) in [5.74, 6) is 0.380. The molecule has 0 aliphatic rings. The lowest BCUT2D eigenvalue weighted by molar-refractivity contribution is 0.337. The van der Waals surface area contributed by atoms with Gasteiger partial charge in [-0.2, -0.15) is 0 Å². The van der Waals surface area contributed by atoms with E-state index in [0.717, 1.165) is 15.7 Å². The van der Waals surface area contributed by atoms with Gasteiger partial charge in [-0.25, -0.2) is 0 Å². The normalized spacial score (nSPS) is 13.6. The minimum Gasteiger partial charge on any atom is -0.261 e.